The first-order chi connectivity index (χ1) is 4.63. The van der Waals surface area contributed by atoms with Crippen molar-refractivity contribution in [1.82, 2.24) is 0 Å². The molecule has 1 unspecified atom stereocenters. The molecule has 0 bridgehead atoms. The average Bonchev–Trinajstić information content (AvgIpc) is 2.14. The fourth-order valence-electron chi connectivity index (χ4n) is 1.19. The Labute approximate surface area is 60.0 Å². The highest BCUT2D eigenvalue weighted by Gasteiger charge is 2.34. The van der Waals surface area contributed by atoms with Crippen molar-refractivity contribution in [2.75, 3.05) is 6.61 Å². The first kappa shape index (κ1) is 7.69. The minimum absolute atomic E-state index is 0.0440. The van der Waals surface area contributed by atoms with Crippen molar-refractivity contribution in [3.63, 3.8) is 0 Å². The highest BCUT2D eigenvalue weighted by Crippen LogP contribution is 2.25. The van der Waals surface area contributed by atoms with Gasteiger partial charge in [-0.2, -0.15) is 0 Å². The monoisotopic (exact) mass is 144 g/mol. The normalized spacial score (nSPS) is 40.1. The molecule has 0 radical (unpaired) electrons. The van der Waals surface area contributed by atoms with Gasteiger partial charge in [0, 0.05) is 11.8 Å². The average molecular weight is 144 g/mol. The number of rotatable bonds is 1. The zero-order valence-electron chi connectivity index (χ0n) is 6.20. The van der Waals surface area contributed by atoms with E-state index in [1.807, 2.05) is 6.92 Å². The van der Waals surface area contributed by atoms with E-state index in [1.54, 1.807) is 0 Å². The first-order valence-electron chi connectivity index (χ1n) is 3.43. The summed E-state index contributed by atoms with van der Waals surface area (Å²) >= 11 is 0. The van der Waals surface area contributed by atoms with Gasteiger partial charge in [-0.3, -0.25) is 4.79 Å². The lowest BCUT2D eigenvalue weighted by atomic mass is 9.94. The molecule has 1 saturated heterocycles. The van der Waals surface area contributed by atoms with E-state index in [0.29, 0.717) is 6.61 Å². The summed E-state index contributed by atoms with van der Waals surface area (Å²) in [5, 5.41) is 9.04. The van der Waals surface area contributed by atoms with Crippen LogP contribution in [0.25, 0.3) is 0 Å². The largest absolute Gasteiger partial charge is 0.368 e. The molecule has 58 valence electrons. The molecule has 0 spiro atoms. The summed E-state index contributed by atoms with van der Waals surface area (Å²) in [5.74, 6) is -0.0449. The van der Waals surface area contributed by atoms with Crippen molar-refractivity contribution in [3.05, 3.63) is 0 Å². The lowest BCUT2D eigenvalue weighted by Crippen LogP contribution is -2.21. The Morgan fingerprint density at radius 3 is 2.50 bits per heavy atom. The third-order valence-electron chi connectivity index (χ3n) is 2.05. The summed E-state index contributed by atoms with van der Waals surface area (Å²) in [6.45, 7) is 3.73. The highest BCUT2D eigenvalue weighted by molar-refractivity contribution is 5.78. The predicted molar refractivity (Wildman–Crippen MR) is 35.3 cm³/mol. The second-order valence-corrected chi connectivity index (χ2v) is 2.80. The van der Waals surface area contributed by atoms with Crippen LogP contribution in [0, 0.1) is 11.8 Å². The topological polar surface area (TPSA) is 46.5 Å². The number of hydrogen-bond donors (Lipinski definition) is 1. The molecule has 3 atom stereocenters. The van der Waals surface area contributed by atoms with Gasteiger partial charge in [0.2, 0.25) is 0 Å². The molecule has 1 N–H and O–H groups in total. The van der Waals surface area contributed by atoms with Crippen LogP contribution in [0.15, 0.2) is 0 Å². The molecule has 0 aliphatic carbocycles. The molecule has 3 heteroatoms. The maximum Gasteiger partial charge on any atom is 0.157 e. The lowest BCUT2D eigenvalue weighted by Gasteiger charge is -2.10. The van der Waals surface area contributed by atoms with Crippen LogP contribution in [0.2, 0.25) is 0 Å². The molecule has 1 aliphatic rings. The summed E-state index contributed by atoms with van der Waals surface area (Å²) < 4.78 is 4.87. The number of hydrogen-bond acceptors (Lipinski definition) is 3. The van der Waals surface area contributed by atoms with Crippen molar-refractivity contribution < 1.29 is 14.6 Å². The maximum absolute atomic E-state index is 10.8. The SMILES string of the molecule is CC(=O)[C@H]1COC(O)[C@@H]1C. The van der Waals surface area contributed by atoms with Crippen LogP contribution < -0.4 is 0 Å². The van der Waals surface area contributed by atoms with Gasteiger partial charge in [-0.25, -0.2) is 0 Å². The number of aliphatic hydroxyl groups is 1. The molecule has 10 heavy (non-hydrogen) atoms. The number of carbonyl (C=O) groups excluding carboxylic acids is 1. The van der Waals surface area contributed by atoms with Crippen LogP contribution in [0.4, 0.5) is 0 Å². The maximum atomic E-state index is 10.8. The Kier molecular flexibility index (Phi) is 2.06. The standard InChI is InChI=1S/C7H12O3/c1-4-6(5(2)8)3-10-7(4)9/h4,6-7,9H,3H2,1-2H3/t4-,6+,7?/m1/s1. The number of aliphatic hydroxyl groups excluding tert-OH is 1. The van der Waals surface area contributed by atoms with Gasteiger partial charge < -0.3 is 9.84 Å². The van der Waals surface area contributed by atoms with E-state index in [9.17, 15) is 4.79 Å². The zero-order valence-corrected chi connectivity index (χ0v) is 6.20. The predicted octanol–water partition coefficient (Wildman–Crippen LogP) is 0.176. The molecule has 1 fully saturated rings. The molecule has 0 aromatic heterocycles. The number of Topliss-reactive ketones (excluding diaryl/α,β-unsaturated/α-hetero) is 1. The molecule has 1 heterocycles. The van der Waals surface area contributed by atoms with Crippen molar-refractivity contribution in [1.29, 1.82) is 0 Å². The van der Waals surface area contributed by atoms with Crippen LogP contribution in [-0.4, -0.2) is 23.8 Å². The second-order valence-electron chi connectivity index (χ2n) is 2.80. The van der Waals surface area contributed by atoms with Crippen LogP contribution in [0.1, 0.15) is 13.8 Å². The van der Waals surface area contributed by atoms with Crippen molar-refractivity contribution in [2.45, 2.75) is 20.1 Å². The summed E-state index contributed by atoms with van der Waals surface area (Å²) in [4.78, 5) is 10.8. The van der Waals surface area contributed by atoms with Gasteiger partial charge in [-0.15, -0.1) is 0 Å². The molecule has 3 nitrogen and oxygen atoms in total. The molecule has 0 saturated carbocycles. The Bertz CT molecular complexity index is 144. The third kappa shape index (κ3) is 1.20. The Balaban J connectivity index is 2.57. The second kappa shape index (κ2) is 2.68. The fourth-order valence-corrected chi connectivity index (χ4v) is 1.19. The fraction of sp³-hybridized carbons (Fsp3) is 0.857. The highest BCUT2D eigenvalue weighted by atomic mass is 16.6. The zero-order chi connectivity index (χ0) is 7.72. The lowest BCUT2D eigenvalue weighted by molar-refractivity contribution is -0.121. The summed E-state index contributed by atoms with van der Waals surface area (Å²) in [7, 11) is 0. The molecule has 1 aliphatic heterocycles. The minimum Gasteiger partial charge on any atom is -0.368 e. The Morgan fingerprint density at radius 2 is 2.30 bits per heavy atom. The third-order valence-corrected chi connectivity index (χ3v) is 2.05. The van der Waals surface area contributed by atoms with Gasteiger partial charge in [0.1, 0.15) is 5.78 Å². The van der Waals surface area contributed by atoms with Crippen molar-refractivity contribution in [3.8, 4) is 0 Å². The Morgan fingerprint density at radius 1 is 1.70 bits per heavy atom. The molecular formula is C7H12O3. The van der Waals surface area contributed by atoms with Gasteiger partial charge in [0.25, 0.3) is 0 Å². The molecule has 0 amide bonds. The van der Waals surface area contributed by atoms with Crippen LogP contribution in [-0.2, 0) is 9.53 Å². The Hall–Kier alpha value is -0.410. The van der Waals surface area contributed by atoms with Gasteiger partial charge in [-0.05, 0) is 6.92 Å². The van der Waals surface area contributed by atoms with E-state index in [-0.39, 0.29) is 17.6 Å². The molecule has 1 rings (SSSR count). The smallest absolute Gasteiger partial charge is 0.157 e. The van der Waals surface area contributed by atoms with Crippen LogP contribution in [0.3, 0.4) is 0 Å². The number of ether oxygens (including phenoxy) is 1. The molecule has 0 aromatic carbocycles. The number of carbonyl (C=O) groups is 1. The summed E-state index contributed by atoms with van der Waals surface area (Å²) in [5.41, 5.74) is 0. The number of ketones is 1. The van der Waals surface area contributed by atoms with E-state index in [0.717, 1.165) is 0 Å². The summed E-state index contributed by atoms with van der Waals surface area (Å²) in [6.07, 6.45) is -0.742. The summed E-state index contributed by atoms with van der Waals surface area (Å²) in [6, 6.07) is 0. The van der Waals surface area contributed by atoms with E-state index in [2.05, 4.69) is 0 Å². The van der Waals surface area contributed by atoms with Gasteiger partial charge >= 0.3 is 0 Å². The van der Waals surface area contributed by atoms with Crippen molar-refractivity contribution in [2.24, 2.45) is 11.8 Å². The minimum atomic E-state index is -0.742. The first-order valence-corrected chi connectivity index (χ1v) is 3.43. The van der Waals surface area contributed by atoms with Crippen molar-refractivity contribution >= 4 is 5.78 Å². The van der Waals surface area contributed by atoms with E-state index in [4.69, 9.17) is 9.84 Å². The molecule has 0 aromatic rings. The van der Waals surface area contributed by atoms with Crippen LogP contribution in [0.5, 0.6) is 0 Å². The van der Waals surface area contributed by atoms with Gasteiger partial charge in [0.05, 0.1) is 6.61 Å². The van der Waals surface area contributed by atoms with E-state index in [1.165, 1.54) is 6.92 Å². The van der Waals surface area contributed by atoms with Gasteiger partial charge in [-0.1, -0.05) is 6.92 Å². The van der Waals surface area contributed by atoms with Gasteiger partial charge in [0.15, 0.2) is 6.29 Å². The van der Waals surface area contributed by atoms with E-state index >= 15 is 0 Å². The molecular weight excluding hydrogens is 132 g/mol. The van der Waals surface area contributed by atoms with E-state index < -0.39 is 6.29 Å². The van der Waals surface area contributed by atoms with Crippen LogP contribution >= 0.6 is 0 Å². The quantitative estimate of drug-likeness (QED) is 0.571.